The van der Waals surface area contributed by atoms with Crippen molar-refractivity contribution in [2.24, 2.45) is 4.99 Å². The Morgan fingerprint density at radius 1 is 1.17 bits per heavy atom. The van der Waals surface area contributed by atoms with E-state index in [0.29, 0.717) is 6.54 Å². The second-order valence-corrected chi connectivity index (χ2v) is 7.40. The first kappa shape index (κ1) is 23.1. The van der Waals surface area contributed by atoms with Gasteiger partial charge in [0.25, 0.3) is 0 Å². The van der Waals surface area contributed by atoms with Crippen molar-refractivity contribution in [3.05, 3.63) is 53.6 Å². The highest BCUT2D eigenvalue weighted by Crippen LogP contribution is 2.39. The second kappa shape index (κ2) is 10.0. The van der Waals surface area contributed by atoms with Crippen LogP contribution in [-0.4, -0.2) is 32.8 Å². The van der Waals surface area contributed by atoms with Crippen molar-refractivity contribution in [1.82, 2.24) is 10.6 Å². The SMILES string of the molecule is CN=C(NCc1ccc(OC)cc1OC)NC1CC(C)(C)Oc2ccccc21.I. The molecule has 0 saturated carbocycles. The summed E-state index contributed by atoms with van der Waals surface area (Å²) in [6.07, 6.45) is 0.844. The van der Waals surface area contributed by atoms with Crippen LogP contribution in [-0.2, 0) is 6.54 Å². The first-order valence-corrected chi connectivity index (χ1v) is 9.42. The summed E-state index contributed by atoms with van der Waals surface area (Å²) in [4.78, 5) is 4.40. The Morgan fingerprint density at radius 2 is 1.93 bits per heavy atom. The molecule has 29 heavy (non-hydrogen) atoms. The lowest BCUT2D eigenvalue weighted by Crippen LogP contribution is -2.45. The van der Waals surface area contributed by atoms with Crippen LogP contribution in [0.4, 0.5) is 0 Å². The monoisotopic (exact) mass is 511 g/mol. The van der Waals surface area contributed by atoms with Gasteiger partial charge < -0.3 is 24.8 Å². The van der Waals surface area contributed by atoms with Gasteiger partial charge in [-0.15, -0.1) is 24.0 Å². The number of methoxy groups -OCH3 is 2. The van der Waals surface area contributed by atoms with E-state index < -0.39 is 0 Å². The number of nitrogens with one attached hydrogen (secondary N) is 2. The summed E-state index contributed by atoms with van der Waals surface area (Å²) in [5.74, 6) is 3.20. The molecule has 2 N–H and O–H groups in total. The van der Waals surface area contributed by atoms with Crippen LogP contribution in [0.15, 0.2) is 47.5 Å². The van der Waals surface area contributed by atoms with Gasteiger partial charge in [0.15, 0.2) is 5.96 Å². The molecule has 0 saturated heterocycles. The van der Waals surface area contributed by atoms with Gasteiger partial charge in [-0.2, -0.15) is 0 Å². The van der Waals surface area contributed by atoms with Gasteiger partial charge in [0.1, 0.15) is 22.8 Å². The van der Waals surface area contributed by atoms with Gasteiger partial charge in [0.05, 0.1) is 20.3 Å². The van der Waals surface area contributed by atoms with E-state index in [-0.39, 0.29) is 35.6 Å². The lowest BCUT2D eigenvalue weighted by atomic mass is 9.90. The Bertz CT molecular complexity index is 855. The minimum Gasteiger partial charge on any atom is -0.497 e. The Hall–Kier alpha value is -2.16. The molecule has 0 aliphatic carbocycles. The summed E-state index contributed by atoms with van der Waals surface area (Å²) in [5.41, 5.74) is 1.93. The van der Waals surface area contributed by atoms with Crippen LogP contribution in [0.5, 0.6) is 17.2 Å². The normalized spacial score (nSPS) is 17.3. The zero-order valence-electron chi connectivity index (χ0n) is 17.6. The second-order valence-electron chi connectivity index (χ2n) is 7.40. The Labute approximate surface area is 190 Å². The van der Waals surface area contributed by atoms with Gasteiger partial charge in [-0.25, -0.2) is 0 Å². The average molecular weight is 511 g/mol. The molecule has 6 nitrogen and oxygen atoms in total. The smallest absolute Gasteiger partial charge is 0.191 e. The number of hydrogen-bond acceptors (Lipinski definition) is 4. The Kier molecular flexibility index (Phi) is 8.01. The van der Waals surface area contributed by atoms with Crippen molar-refractivity contribution in [2.45, 2.75) is 38.5 Å². The topological polar surface area (TPSA) is 64.1 Å². The highest BCUT2D eigenvalue weighted by atomic mass is 127. The molecular formula is C22H30IN3O3. The summed E-state index contributed by atoms with van der Waals surface area (Å²) in [7, 11) is 5.08. The van der Waals surface area contributed by atoms with Crippen LogP contribution in [0.3, 0.4) is 0 Å². The predicted octanol–water partition coefficient (Wildman–Crippen LogP) is 4.29. The molecule has 1 unspecified atom stereocenters. The van der Waals surface area contributed by atoms with Crippen LogP contribution < -0.4 is 24.8 Å². The standard InChI is InChI=1S/C22H29N3O3.HI/c1-22(2)13-18(17-8-6-7-9-19(17)28-22)25-21(23-3)24-14-15-10-11-16(26-4)12-20(15)27-5;/h6-12,18H,13-14H2,1-5H3,(H2,23,24,25);1H. The van der Waals surface area contributed by atoms with Crippen molar-refractivity contribution in [1.29, 1.82) is 0 Å². The number of benzene rings is 2. The molecule has 1 atom stereocenters. The third kappa shape index (κ3) is 5.68. The fraction of sp³-hybridized carbons (Fsp3) is 0.409. The van der Waals surface area contributed by atoms with Gasteiger partial charge in [-0.1, -0.05) is 18.2 Å². The molecule has 3 rings (SSSR count). The molecular weight excluding hydrogens is 481 g/mol. The number of ether oxygens (including phenoxy) is 3. The summed E-state index contributed by atoms with van der Waals surface area (Å²) in [6.45, 7) is 4.80. The maximum atomic E-state index is 6.12. The highest BCUT2D eigenvalue weighted by Gasteiger charge is 2.33. The largest absolute Gasteiger partial charge is 0.497 e. The number of para-hydroxylation sites is 1. The molecule has 2 aromatic rings. The van der Waals surface area contributed by atoms with Crippen LogP contribution in [0, 0.1) is 0 Å². The van der Waals surface area contributed by atoms with E-state index in [9.17, 15) is 0 Å². The third-order valence-corrected chi connectivity index (χ3v) is 4.85. The van der Waals surface area contributed by atoms with Gasteiger partial charge in [-0.3, -0.25) is 4.99 Å². The van der Waals surface area contributed by atoms with E-state index in [4.69, 9.17) is 14.2 Å². The van der Waals surface area contributed by atoms with E-state index >= 15 is 0 Å². The molecule has 1 aliphatic heterocycles. The third-order valence-electron chi connectivity index (χ3n) is 4.85. The van der Waals surface area contributed by atoms with Crippen molar-refractivity contribution in [2.75, 3.05) is 21.3 Å². The Balaban J connectivity index is 0.00000300. The average Bonchev–Trinajstić information content (AvgIpc) is 2.69. The van der Waals surface area contributed by atoms with Crippen molar-refractivity contribution >= 4 is 29.9 Å². The van der Waals surface area contributed by atoms with E-state index in [1.165, 1.54) is 0 Å². The molecule has 0 amide bonds. The van der Waals surface area contributed by atoms with E-state index in [0.717, 1.165) is 40.8 Å². The molecule has 0 spiro atoms. The molecule has 7 heteroatoms. The molecule has 1 heterocycles. The van der Waals surface area contributed by atoms with Gasteiger partial charge >= 0.3 is 0 Å². The fourth-order valence-electron chi connectivity index (χ4n) is 3.47. The van der Waals surface area contributed by atoms with Crippen molar-refractivity contribution in [3.8, 4) is 17.2 Å². The van der Waals surface area contributed by atoms with E-state index in [1.54, 1.807) is 21.3 Å². The maximum Gasteiger partial charge on any atom is 0.191 e. The Morgan fingerprint density at radius 3 is 2.62 bits per heavy atom. The van der Waals surface area contributed by atoms with Gasteiger partial charge in [0, 0.05) is 37.2 Å². The number of nitrogens with zero attached hydrogens (tertiary/aromatic N) is 1. The number of rotatable bonds is 5. The lowest BCUT2D eigenvalue weighted by molar-refractivity contribution is 0.0694. The number of guanidine groups is 1. The minimum absolute atomic E-state index is 0. The van der Waals surface area contributed by atoms with Crippen LogP contribution in [0.25, 0.3) is 0 Å². The van der Waals surface area contributed by atoms with Crippen LogP contribution in [0.1, 0.15) is 37.4 Å². The summed E-state index contributed by atoms with van der Waals surface area (Å²) in [6, 6.07) is 14.1. The van der Waals surface area contributed by atoms with E-state index in [1.807, 2.05) is 36.4 Å². The van der Waals surface area contributed by atoms with Crippen molar-refractivity contribution < 1.29 is 14.2 Å². The van der Waals surface area contributed by atoms with E-state index in [2.05, 4.69) is 35.5 Å². The first-order valence-electron chi connectivity index (χ1n) is 9.42. The molecule has 0 fully saturated rings. The quantitative estimate of drug-likeness (QED) is 0.357. The number of halogens is 1. The highest BCUT2D eigenvalue weighted by molar-refractivity contribution is 14.0. The molecule has 0 radical (unpaired) electrons. The van der Waals surface area contributed by atoms with Gasteiger partial charge in [-0.05, 0) is 32.0 Å². The van der Waals surface area contributed by atoms with Crippen molar-refractivity contribution in [3.63, 3.8) is 0 Å². The number of aliphatic imine (C=N–C) groups is 1. The number of fused-ring (bicyclic) bond motifs is 1. The molecule has 1 aliphatic rings. The minimum atomic E-state index is -0.246. The predicted molar refractivity (Wildman–Crippen MR) is 127 cm³/mol. The zero-order chi connectivity index (χ0) is 20.1. The molecule has 158 valence electrons. The maximum absolute atomic E-state index is 6.12. The molecule has 2 aromatic carbocycles. The molecule has 0 bridgehead atoms. The molecule has 0 aromatic heterocycles. The zero-order valence-corrected chi connectivity index (χ0v) is 19.9. The summed E-state index contributed by atoms with van der Waals surface area (Å²) >= 11 is 0. The van der Waals surface area contributed by atoms with Crippen LogP contribution >= 0.6 is 24.0 Å². The lowest BCUT2D eigenvalue weighted by Gasteiger charge is -2.38. The summed E-state index contributed by atoms with van der Waals surface area (Å²) < 4.78 is 16.9. The van der Waals surface area contributed by atoms with Crippen LogP contribution in [0.2, 0.25) is 0 Å². The van der Waals surface area contributed by atoms with Gasteiger partial charge in [0.2, 0.25) is 0 Å². The first-order chi connectivity index (χ1) is 13.5. The fourth-order valence-corrected chi connectivity index (χ4v) is 3.47. The summed E-state index contributed by atoms with van der Waals surface area (Å²) in [5, 5.41) is 6.92. The number of hydrogen-bond donors (Lipinski definition) is 2.